The number of hydrogen-bond donors (Lipinski definition) is 2. The Labute approximate surface area is 186 Å². The summed E-state index contributed by atoms with van der Waals surface area (Å²) in [6.45, 7) is 4.96. The van der Waals surface area contributed by atoms with Crippen molar-refractivity contribution in [1.29, 1.82) is 0 Å². The lowest BCUT2D eigenvalue weighted by Gasteiger charge is -2.26. The fourth-order valence-electron chi connectivity index (χ4n) is 4.12. The Morgan fingerprint density at radius 3 is 2.74 bits per heavy atom. The number of fused-ring (bicyclic) bond motifs is 1. The summed E-state index contributed by atoms with van der Waals surface area (Å²) >= 11 is 0. The average Bonchev–Trinajstić information content (AvgIpc) is 3.13. The van der Waals surface area contributed by atoms with Crippen molar-refractivity contribution in [3.05, 3.63) is 51.7 Å². The maximum absolute atomic E-state index is 12.5. The SMILES string of the molecule is Cl.O=c1[nH]c(Cc2ccccc2OCCN2CCOCC2)nc2c(C3CCC3)[nH]nc12. The second-order valence-electron chi connectivity index (χ2n) is 8.06. The molecule has 0 bridgehead atoms. The van der Waals surface area contributed by atoms with Crippen LogP contribution in [0, 0.1) is 0 Å². The number of morpholine rings is 1. The Balaban J connectivity index is 0.00000231. The first-order valence-electron chi connectivity index (χ1n) is 10.8. The lowest BCUT2D eigenvalue weighted by atomic mass is 9.82. The van der Waals surface area contributed by atoms with Crippen LogP contribution in [0.3, 0.4) is 0 Å². The van der Waals surface area contributed by atoms with Crippen molar-refractivity contribution in [3.63, 3.8) is 0 Å². The molecular weight excluding hydrogens is 418 g/mol. The zero-order valence-corrected chi connectivity index (χ0v) is 18.2. The van der Waals surface area contributed by atoms with Gasteiger partial charge in [0.15, 0.2) is 5.52 Å². The minimum atomic E-state index is -0.192. The van der Waals surface area contributed by atoms with Crippen LogP contribution < -0.4 is 10.3 Å². The predicted octanol–water partition coefficient (Wildman–Crippen LogP) is 2.64. The van der Waals surface area contributed by atoms with E-state index in [0.29, 0.717) is 35.8 Å². The molecule has 0 unspecified atom stereocenters. The van der Waals surface area contributed by atoms with E-state index in [1.165, 1.54) is 6.42 Å². The highest BCUT2D eigenvalue weighted by atomic mass is 35.5. The van der Waals surface area contributed by atoms with Crippen LogP contribution in [0.2, 0.25) is 0 Å². The molecule has 1 aromatic carbocycles. The van der Waals surface area contributed by atoms with Gasteiger partial charge < -0.3 is 14.5 Å². The van der Waals surface area contributed by atoms with E-state index < -0.39 is 0 Å². The lowest BCUT2D eigenvalue weighted by Crippen LogP contribution is -2.38. The van der Waals surface area contributed by atoms with Crippen LogP contribution in [-0.4, -0.2) is 64.5 Å². The Morgan fingerprint density at radius 1 is 1.16 bits per heavy atom. The van der Waals surface area contributed by atoms with E-state index >= 15 is 0 Å². The number of para-hydroxylation sites is 1. The summed E-state index contributed by atoms with van der Waals surface area (Å²) in [5, 5.41) is 7.25. The van der Waals surface area contributed by atoms with Crippen molar-refractivity contribution < 1.29 is 9.47 Å². The first kappa shape index (κ1) is 21.8. The van der Waals surface area contributed by atoms with Crippen LogP contribution in [-0.2, 0) is 11.2 Å². The molecule has 0 radical (unpaired) electrons. The van der Waals surface area contributed by atoms with E-state index in [0.717, 1.165) is 62.7 Å². The molecule has 5 rings (SSSR count). The summed E-state index contributed by atoms with van der Waals surface area (Å²) in [7, 11) is 0. The fourth-order valence-corrected chi connectivity index (χ4v) is 4.12. The topological polar surface area (TPSA) is 96.1 Å². The van der Waals surface area contributed by atoms with E-state index in [2.05, 4.69) is 20.1 Å². The van der Waals surface area contributed by atoms with Gasteiger partial charge in [0.1, 0.15) is 23.7 Å². The Morgan fingerprint density at radius 2 is 1.97 bits per heavy atom. The fraction of sp³-hybridized carbons (Fsp3) is 0.500. The minimum Gasteiger partial charge on any atom is -0.492 e. The molecule has 0 amide bonds. The second kappa shape index (κ2) is 9.80. The molecule has 1 aliphatic carbocycles. The third kappa shape index (κ3) is 4.76. The van der Waals surface area contributed by atoms with Crippen molar-refractivity contribution in [3.8, 4) is 5.75 Å². The third-order valence-electron chi connectivity index (χ3n) is 6.10. The van der Waals surface area contributed by atoms with Crippen LogP contribution in [0.25, 0.3) is 11.0 Å². The molecule has 8 nitrogen and oxygen atoms in total. The summed E-state index contributed by atoms with van der Waals surface area (Å²) in [4.78, 5) is 22.5. The highest BCUT2D eigenvalue weighted by molar-refractivity contribution is 5.85. The van der Waals surface area contributed by atoms with Crippen LogP contribution >= 0.6 is 12.4 Å². The molecule has 3 heterocycles. The highest BCUT2D eigenvalue weighted by Gasteiger charge is 2.25. The van der Waals surface area contributed by atoms with Crippen LogP contribution in [0.15, 0.2) is 29.1 Å². The van der Waals surface area contributed by atoms with E-state index in [1.807, 2.05) is 24.3 Å². The standard InChI is InChI=1S/C22H27N5O3.ClH/c28-22-21-20(19(25-26-21)15-5-3-6-15)23-18(24-22)14-16-4-1-2-7-17(16)30-13-10-27-8-11-29-12-9-27;/h1-2,4,7,15H,3,5-6,8-14H2,(H,25,26)(H,23,24,28);1H. The first-order valence-corrected chi connectivity index (χ1v) is 10.8. The average molecular weight is 446 g/mol. The van der Waals surface area contributed by atoms with Gasteiger partial charge in [0.25, 0.3) is 5.56 Å². The quantitative estimate of drug-likeness (QED) is 0.580. The molecule has 2 N–H and O–H groups in total. The van der Waals surface area contributed by atoms with Crippen molar-refractivity contribution >= 4 is 23.4 Å². The molecule has 166 valence electrons. The second-order valence-corrected chi connectivity index (χ2v) is 8.06. The summed E-state index contributed by atoms with van der Waals surface area (Å²) in [6, 6.07) is 7.95. The molecule has 1 aliphatic heterocycles. The molecule has 0 atom stereocenters. The van der Waals surface area contributed by atoms with Gasteiger partial charge >= 0.3 is 0 Å². The number of aromatic nitrogens is 4. The number of nitrogens with one attached hydrogen (secondary N) is 2. The summed E-state index contributed by atoms with van der Waals surface area (Å²) in [5.74, 6) is 1.91. The number of benzene rings is 1. The Kier molecular flexibility index (Phi) is 6.89. The molecular formula is C22H28ClN5O3. The van der Waals surface area contributed by atoms with Gasteiger partial charge in [0, 0.05) is 37.5 Å². The van der Waals surface area contributed by atoms with Gasteiger partial charge in [-0.2, -0.15) is 5.10 Å². The number of ether oxygens (including phenoxy) is 2. The minimum absolute atomic E-state index is 0. The summed E-state index contributed by atoms with van der Waals surface area (Å²) in [5.41, 5.74) is 2.93. The molecule has 2 aliphatic rings. The van der Waals surface area contributed by atoms with Gasteiger partial charge in [-0.1, -0.05) is 24.6 Å². The zero-order chi connectivity index (χ0) is 20.3. The van der Waals surface area contributed by atoms with Gasteiger partial charge in [-0.25, -0.2) is 4.98 Å². The number of rotatable bonds is 7. The first-order chi connectivity index (χ1) is 14.8. The van der Waals surface area contributed by atoms with Crippen LogP contribution in [0.4, 0.5) is 0 Å². The molecule has 1 saturated heterocycles. The largest absolute Gasteiger partial charge is 0.492 e. The smallest absolute Gasteiger partial charge is 0.279 e. The van der Waals surface area contributed by atoms with Crippen LogP contribution in [0.5, 0.6) is 5.75 Å². The molecule has 2 fully saturated rings. The number of nitrogens with zero attached hydrogens (tertiary/aromatic N) is 3. The molecule has 9 heteroatoms. The van der Waals surface area contributed by atoms with E-state index in [-0.39, 0.29) is 18.0 Å². The van der Waals surface area contributed by atoms with Gasteiger partial charge in [-0.15, -0.1) is 12.4 Å². The Hall–Kier alpha value is -2.42. The molecule has 2 aromatic heterocycles. The molecule has 0 spiro atoms. The summed E-state index contributed by atoms with van der Waals surface area (Å²) in [6.07, 6.45) is 3.98. The number of aromatic amines is 2. The monoisotopic (exact) mass is 445 g/mol. The van der Waals surface area contributed by atoms with Crippen molar-refractivity contribution in [2.45, 2.75) is 31.6 Å². The summed E-state index contributed by atoms with van der Waals surface area (Å²) < 4.78 is 11.5. The third-order valence-corrected chi connectivity index (χ3v) is 6.10. The maximum Gasteiger partial charge on any atom is 0.279 e. The zero-order valence-electron chi connectivity index (χ0n) is 17.4. The van der Waals surface area contributed by atoms with Gasteiger partial charge in [0.05, 0.1) is 18.9 Å². The predicted molar refractivity (Wildman–Crippen MR) is 120 cm³/mol. The Bertz CT molecular complexity index is 1070. The van der Waals surface area contributed by atoms with Crippen molar-refractivity contribution in [2.24, 2.45) is 0 Å². The number of hydrogen-bond acceptors (Lipinski definition) is 6. The molecule has 3 aromatic rings. The van der Waals surface area contributed by atoms with E-state index in [9.17, 15) is 4.79 Å². The van der Waals surface area contributed by atoms with Crippen molar-refractivity contribution in [2.75, 3.05) is 39.5 Å². The highest BCUT2D eigenvalue weighted by Crippen LogP contribution is 2.37. The van der Waals surface area contributed by atoms with Crippen molar-refractivity contribution in [1.82, 2.24) is 25.1 Å². The van der Waals surface area contributed by atoms with Gasteiger partial charge in [-0.05, 0) is 18.9 Å². The normalized spacial score (nSPS) is 17.3. The number of halogens is 1. The number of H-pyrrole nitrogens is 2. The van der Waals surface area contributed by atoms with Gasteiger partial charge in [0.2, 0.25) is 0 Å². The van der Waals surface area contributed by atoms with Gasteiger partial charge in [-0.3, -0.25) is 14.8 Å². The van der Waals surface area contributed by atoms with Crippen LogP contribution in [0.1, 0.15) is 42.3 Å². The maximum atomic E-state index is 12.5. The molecule has 31 heavy (non-hydrogen) atoms. The van der Waals surface area contributed by atoms with E-state index in [1.54, 1.807) is 0 Å². The molecule has 1 saturated carbocycles. The van der Waals surface area contributed by atoms with E-state index in [4.69, 9.17) is 14.5 Å². The lowest BCUT2D eigenvalue weighted by molar-refractivity contribution is 0.0322.